The first-order valence-electron chi connectivity index (χ1n) is 8.31. The summed E-state index contributed by atoms with van der Waals surface area (Å²) in [6.07, 6.45) is 0. The molecular formula is C20H15N3O4. The Morgan fingerprint density at radius 2 is 1.67 bits per heavy atom. The van der Waals surface area contributed by atoms with Crippen LogP contribution in [0.25, 0.3) is 21.7 Å². The predicted molar refractivity (Wildman–Crippen MR) is 100 cm³/mol. The molecule has 4 rings (SSSR count). The zero-order valence-corrected chi connectivity index (χ0v) is 14.4. The van der Waals surface area contributed by atoms with Crippen molar-refractivity contribution in [2.75, 3.05) is 6.61 Å². The first-order valence-corrected chi connectivity index (χ1v) is 8.31. The average Bonchev–Trinajstić information content (AvgIpc) is 3.02. The summed E-state index contributed by atoms with van der Waals surface area (Å²) in [5.41, 5.74) is 1.63. The number of rotatable bonds is 4. The molecule has 0 spiro atoms. The van der Waals surface area contributed by atoms with Gasteiger partial charge in [-0.2, -0.15) is 5.10 Å². The summed E-state index contributed by atoms with van der Waals surface area (Å²) in [6.45, 7) is 1.38. The second kappa shape index (κ2) is 6.53. The number of nitrogens with zero attached hydrogens (tertiary/aromatic N) is 1. The number of Topliss-reactive ketones (excluding diaryl/α,β-unsaturated/α-hetero) is 1. The van der Waals surface area contributed by atoms with Gasteiger partial charge in [0.15, 0.2) is 12.3 Å². The van der Waals surface area contributed by atoms with Gasteiger partial charge in [0.1, 0.15) is 0 Å². The van der Waals surface area contributed by atoms with E-state index >= 15 is 0 Å². The van der Waals surface area contributed by atoms with Crippen LogP contribution >= 0.6 is 0 Å². The largest absolute Gasteiger partial charge is 0.452 e. The molecule has 134 valence electrons. The Bertz CT molecular complexity index is 1250. The van der Waals surface area contributed by atoms with Gasteiger partial charge in [0.2, 0.25) is 5.78 Å². The molecule has 7 nitrogen and oxygen atoms in total. The van der Waals surface area contributed by atoms with Crippen LogP contribution in [0.1, 0.15) is 26.5 Å². The van der Waals surface area contributed by atoms with E-state index in [1.807, 2.05) is 24.3 Å². The molecule has 0 amide bonds. The first kappa shape index (κ1) is 16.7. The van der Waals surface area contributed by atoms with E-state index in [1.54, 1.807) is 31.2 Å². The zero-order valence-electron chi connectivity index (χ0n) is 14.4. The minimum absolute atomic E-state index is 0.0337. The lowest BCUT2D eigenvalue weighted by Crippen LogP contribution is -2.19. The van der Waals surface area contributed by atoms with Crippen LogP contribution in [0.3, 0.4) is 0 Å². The Hall–Kier alpha value is -3.74. The highest BCUT2D eigenvalue weighted by Gasteiger charge is 2.20. The van der Waals surface area contributed by atoms with E-state index < -0.39 is 18.1 Å². The Morgan fingerprint density at radius 1 is 1.00 bits per heavy atom. The Balaban J connectivity index is 1.60. The van der Waals surface area contributed by atoms with Crippen molar-refractivity contribution >= 4 is 33.4 Å². The molecule has 0 bridgehead atoms. The number of carbonyl (C=O) groups excluding carboxylic acids is 2. The first-order chi connectivity index (χ1) is 13.1. The number of hydrogen-bond donors (Lipinski definition) is 2. The van der Waals surface area contributed by atoms with Crippen LogP contribution in [0.5, 0.6) is 0 Å². The molecule has 27 heavy (non-hydrogen) atoms. The van der Waals surface area contributed by atoms with Crippen molar-refractivity contribution in [3.63, 3.8) is 0 Å². The summed E-state index contributed by atoms with van der Waals surface area (Å²) in [4.78, 5) is 40.0. The topological polar surface area (TPSA) is 105 Å². The van der Waals surface area contributed by atoms with Gasteiger partial charge in [0.05, 0.1) is 5.39 Å². The number of ether oxygens (including phenoxy) is 1. The molecular weight excluding hydrogens is 346 g/mol. The van der Waals surface area contributed by atoms with Gasteiger partial charge >= 0.3 is 5.97 Å². The highest BCUT2D eigenvalue weighted by Crippen LogP contribution is 2.22. The van der Waals surface area contributed by atoms with Crippen LogP contribution in [-0.2, 0) is 4.74 Å². The fourth-order valence-electron chi connectivity index (χ4n) is 3.18. The molecule has 0 unspecified atom stereocenters. The number of benzene rings is 2. The molecule has 0 aliphatic rings. The summed E-state index contributed by atoms with van der Waals surface area (Å²) in [6, 6.07) is 14.0. The highest BCUT2D eigenvalue weighted by molar-refractivity contribution is 6.11. The van der Waals surface area contributed by atoms with Crippen LogP contribution in [0.2, 0.25) is 0 Å². The number of esters is 1. The van der Waals surface area contributed by atoms with E-state index in [-0.39, 0.29) is 11.5 Å². The van der Waals surface area contributed by atoms with E-state index in [9.17, 15) is 14.4 Å². The van der Waals surface area contributed by atoms with Crippen LogP contribution in [-0.4, -0.2) is 33.5 Å². The van der Waals surface area contributed by atoms with E-state index in [4.69, 9.17) is 4.74 Å². The number of nitrogens with one attached hydrogen (secondary N) is 2. The summed E-state index contributed by atoms with van der Waals surface area (Å²) >= 11 is 0. The molecule has 7 heteroatoms. The third-order valence-corrected chi connectivity index (χ3v) is 4.40. The molecule has 2 aromatic heterocycles. The number of fused-ring (bicyclic) bond motifs is 2. The van der Waals surface area contributed by atoms with Gasteiger partial charge in [-0.25, -0.2) is 9.89 Å². The summed E-state index contributed by atoms with van der Waals surface area (Å²) in [5.74, 6) is -1.08. The lowest BCUT2D eigenvalue weighted by molar-refractivity contribution is 0.0470. The average molecular weight is 361 g/mol. The van der Waals surface area contributed by atoms with Crippen molar-refractivity contribution in [3.05, 3.63) is 75.8 Å². The number of H-pyrrole nitrogens is 2. The fourth-order valence-corrected chi connectivity index (χ4v) is 3.18. The van der Waals surface area contributed by atoms with Crippen LogP contribution in [0.15, 0.2) is 53.3 Å². The Morgan fingerprint density at radius 3 is 2.44 bits per heavy atom. The van der Waals surface area contributed by atoms with Crippen molar-refractivity contribution in [2.45, 2.75) is 6.92 Å². The Kier molecular flexibility index (Phi) is 4.04. The second-order valence-corrected chi connectivity index (χ2v) is 6.12. The SMILES string of the molecule is Cc1[nH]c2ccccc2c1C(=O)COC(=O)c1n[nH]c(=O)c2ccccc12. The standard InChI is InChI=1S/C20H15N3O4/c1-11-17(14-8-4-5-9-15(14)21-11)16(24)10-27-20(26)18-12-6-2-3-7-13(12)19(25)23-22-18/h2-9,21H,10H2,1H3,(H,23,25). The molecule has 0 fully saturated rings. The van der Waals surface area contributed by atoms with E-state index in [0.29, 0.717) is 22.0 Å². The number of carbonyl (C=O) groups is 2. The number of hydrogen-bond acceptors (Lipinski definition) is 5. The molecule has 0 aliphatic carbocycles. The van der Waals surface area contributed by atoms with Crippen LogP contribution in [0, 0.1) is 6.92 Å². The Labute approximate surface area is 153 Å². The molecule has 0 radical (unpaired) electrons. The van der Waals surface area contributed by atoms with Crippen molar-refractivity contribution in [1.82, 2.24) is 15.2 Å². The van der Waals surface area contributed by atoms with Gasteiger partial charge in [0, 0.05) is 27.5 Å². The van der Waals surface area contributed by atoms with Gasteiger partial charge in [0.25, 0.3) is 5.56 Å². The van der Waals surface area contributed by atoms with Crippen molar-refractivity contribution in [2.24, 2.45) is 0 Å². The van der Waals surface area contributed by atoms with Crippen LogP contribution in [0.4, 0.5) is 0 Å². The lowest BCUT2D eigenvalue weighted by atomic mass is 10.1. The third kappa shape index (κ3) is 2.89. The molecule has 0 saturated carbocycles. The number of ketones is 1. The maximum absolute atomic E-state index is 12.6. The number of aromatic amines is 2. The number of para-hydroxylation sites is 1. The monoisotopic (exact) mass is 361 g/mol. The molecule has 4 aromatic rings. The third-order valence-electron chi connectivity index (χ3n) is 4.40. The number of aryl methyl sites for hydroxylation is 1. The molecule has 2 N–H and O–H groups in total. The molecule has 0 saturated heterocycles. The molecule has 2 heterocycles. The quantitative estimate of drug-likeness (QED) is 0.429. The minimum Gasteiger partial charge on any atom is -0.452 e. The normalized spacial score (nSPS) is 11.0. The second-order valence-electron chi connectivity index (χ2n) is 6.12. The fraction of sp³-hybridized carbons (Fsp3) is 0.100. The predicted octanol–water partition coefficient (Wildman–Crippen LogP) is 2.75. The molecule has 0 atom stereocenters. The number of aromatic nitrogens is 3. The highest BCUT2D eigenvalue weighted by atomic mass is 16.5. The summed E-state index contributed by atoms with van der Waals surface area (Å²) in [7, 11) is 0. The summed E-state index contributed by atoms with van der Waals surface area (Å²) < 4.78 is 5.18. The van der Waals surface area contributed by atoms with Gasteiger partial charge < -0.3 is 9.72 Å². The van der Waals surface area contributed by atoms with Gasteiger partial charge in [-0.05, 0) is 19.1 Å². The maximum Gasteiger partial charge on any atom is 0.359 e. The molecule has 2 aromatic carbocycles. The van der Waals surface area contributed by atoms with Crippen molar-refractivity contribution in [1.29, 1.82) is 0 Å². The smallest absolute Gasteiger partial charge is 0.359 e. The van der Waals surface area contributed by atoms with Gasteiger partial charge in [-0.15, -0.1) is 0 Å². The van der Waals surface area contributed by atoms with Gasteiger partial charge in [-0.1, -0.05) is 36.4 Å². The minimum atomic E-state index is -0.770. The zero-order chi connectivity index (χ0) is 19.0. The van der Waals surface area contributed by atoms with E-state index in [2.05, 4.69) is 15.2 Å². The maximum atomic E-state index is 12.6. The summed E-state index contributed by atoms with van der Waals surface area (Å²) in [5, 5.41) is 7.55. The van der Waals surface area contributed by atoms with E-state index in [1.165, 1.54) is 0 Å². The van der Waals surface area contributed by atoms with Crippen molar-refractivity contribution in [3.8, 4) is 0 Å². The lowest BCUT2D eigenvalue weighted by Gasteiger charge is -2.06. The van der Waals surface area contributed by atoms with Crippen molar-refractivity contribution < 1.29 is 14.3 Å². The van der Waals surface area contributed by atoms with Gasteiger partial charge in [-0.3, -0.25) is 9.59 Å². The molecule has 0 aliphatic heterocycles. The van der Waals surface area contributed by atoms with E-state index in [0.717, 1.165) is 10.9 Å². The van der Waals surface area contributed by atoms with Crippen LogP contribution < -0.4 is 5.56 Å².